The molecule has 1 aliphatic rings. The average molecular weight is 370 g/mol. The first-order valence-electron chi connectivity index (χ1n) is 6.39. The molecule has 2 N–H and O–H groups in total. The molecule has 108 valence electrons. The van der Waals surface area contributed by atoms with Gasteiger partial charge in [-0.05, 0) is 31.8 Å². The summed E-state index contributed by atoms with van der Waals surface area (Å²) in [7, 11) is 5.45. The highest BCUT2D eigenvalue weighted by molar-refractivity contribution is 14.0. The summed E-state index contributed by atoms with van der Waals surface area (Å²) in [6.07, 6.45) is 2.52. The number of nitrogens with one attached hydrogen (secondary N) is 2. The van der Waals surface area contributed by atoms with Crippen molar-refractivity contribution in [1.82, 2.24) is 15.5 Å². The molecule has 0 amide bonds. The molecule has 0 saturated carbocycles. The number of aliphatic imine (C=N–C) groups is 1. The van der Waals surface area contributed by atoms with Crippen molar-refractivity contribution in [3.8, 4) is 0 Å². The molecule has 0 atom stereocenters. The van der Waals surface area contributed by atoms with Crippen molar-refractivity contribution in [2.24, 2.45) is 10.9 Å². The zero-order chi connectivity index (χ0) is 12.5. The monoisotopic (exact) mass is 370 g/mol. The van der Waals surface area contributed by atoms with E-state index in [2.05, 4.69) is 20.5 Å². The topological polar surface area (TPSA) is 48.9 Å². The van der Waals surface area contributed by atoms with E-state index in [0.717, 1.165) is 31.6 Å². The first-order valence-corrected chi connectivity index (χ1v) is 6.39. The molecule has 0 aromatic rings. The third-order valence-corrected chi connectivity index (χ3v) is 3.34. The second-order valence-corrected chi connectivity index (χ2v) is 4.48. The Morgan fingerprint density at radius 3 is 2.56 bits per heavy atom. The SMILES string of the molecule is CN=C(NC)NCC1CCN(CCOC)CC1.I. The molecule has 0 aromatic carbocycles. The van der Waals surface area contributed by atoms with E-state index in [4.69, 9.17) is 4.74 Å². The summed E-state index contributed by atoms with van der Waals surface area (Å²) in [5, 5.41) is 6.38. The van der Waals surface area contributed by atoms with Gasteiger partial charge in [0.15, 0.2) is 5.96 Å². The number of halogens is 1. The standard InChI is InChI=1S/C12H26N4O.HI/c1-13-12(14-2)15-10-11-4-6-16(7-5-11)8-9-17-3;/h11H,4-10H2,1-3H3,(H2,13,14,15);1H. The fourth-order valence-corrected chi connectivity index (χ4v) is 2.15. The Morgan fingerprint density at radius 2 is 2.06 bits per heavy atom. The second-order valence-electron chi connectivity index (χ2n) is 4.48. The lowest BCUT2D eigenvalue weighted by Gasteiger charge is -2.31. The van der Waals surface area contributed by atoms with E-state index < -0.39 is 0 Å². The van der Waals surface area contributed by atoms with Gasteiger partial charge in [0.1, 0.15) is 0 Å². The maximum Gasteiger partial charge on any atom is 0.190 e. The van der Waals surface area contributed by atoms with Gasteiger partial charge in [-0.25, -0.2) is 0 Å². The lowest BCUT2D eigenvalue weighted by molar-refractivity contribution is 0.121. The number of ether oxygens (including phenoxy) is 1. The van der Waals surface area contributed by atoms with Crippen LogP contribution in [0.25, 0.3) is 0 Å². The molecule has 5 nitrogen and oxygen atoms in total. The predicted molar refractivity (Wildman–Crippen MR) is 86.9 cm³/mol. The van der Waals surface area contributed by atoms with Gasteiger partial charge in [-0.1, -0.05) is 0 Å². The number of hydrogen-bond acceptors (Lipinski definition) is 3. The van der Waals surface area contributed by atoms with Gasteiger partial charge in [-0.3, -0.25) is 4.99 Å². The molecule has 6 heteroatoms. The van der Waals surface area contributed by atoms with E-state index in [1.165, 1.54) is 25.9 Å². The van der Waals surface area contributed by atoms with Crippen LogP contribution in [0.15, 0.2) is 4.99 Å². The van der Waals surface area contributed by atoms with Crippen molar-refractivity contribution in [2.75, 3.05) is 54.0 Å². The van der Waals surface area contributed by atoms with E-state index >= 15 is 0 Å². The predicted octanol–water partition coefficient (Wildman–Crippen LogP) is 0.758. The van der Waals surface area contributed by atoms with Gasteiger partial charge in [0.2, 0.25) is 0 Å². The van der Waals surface area contributed by atoms with Crippen LogP contribution in [-0.2, 0) is 4.74 Å². The van der Waals surface area contributed by atoms with Gasteiger partial charge in [0.25, 0.3) is 0 Å². The highest BCUT2D eigenvalue weighted by atomic mass is 127. The van der Waals surface area contributed by atoms with Crippen LogP contribution in [-0.4, -0.2) is 64.9 Å². The minimum atomic E-state index is 0. The van der Waals surface area contributed by atoms with Gasteiger partial charge in [-0.15, -0.1) is 24.0 Å². The summed E-state index contributed by atoms with van der Waals surface area (Å²) in [6, 6.07) is 0. The fraction of sp³-hybridized carbons (Fsp3) is 0.917. The minimum Gasteiger partial charge on any atom is -0.383 e. The van der Waals surface area contributed by atoms with Crippen LogP contribution in [0.4, 0.5) is 0 Å². The first kappa shape index (κ1) is 17.9. The van der Waals surface area contributed by atoms with Crippen LogP contribution in [0.5, 0.6) is 0 Å². The number of methoxy groups -OCH3 is 1. The quantitative estimate of drug-likeness (QED) is 0.426. The lowest BCUT2D eigenvalue weighted by Crippen LogP contribution is -2.42. The molecule has 0 aromatic heterocycles. The van der Waals surface area contributed by atoms with Crippen molar-refractivity contribution in [3.63, 3.8) is 0 Å². The number of rotatable bonds is 5. The van der Waals surface area contributed by atoms with Crippen LogP contribution in [0.1, 0.15) is 12.8 Å². The van der Waals surface area contributed by atoms with Gasteiger partial charge in [0.05, 0.1) is 6.61 Å². The second kappa shape index (κ2) is 10.8. The minimum absolute atomic E-state index is 0. The molecule has 1 saturated heterocycles. The Bertz CT molecular complexity index is 230. The molecule has 0 unspecified atom stereocenters. The summed E-state index contributed by atoms with van der Waals surface area (Å²) in [4.78, 5) is 6.59. The zero-order valence-corrected chi connectivity index (χ0v) is 14.1. The summed E-state index contributed by atoms with van der Waals surface area (Å²) in [6.45, 7) is 5.30. The van der Waals surface area contributed by atoms with Gasteiger partial charge < -0.3 is 20.3 Å². The Labute approximate surface area is 128 Å². The summed E-state index contributed by atoms with van der Waals surface area (Å²) in [5.41, 5.74) is 0. The van der Waals surface area contributed by atoms with Gasteiger partial charge >= 0.3 is 0 Å². The van der Waals surface area contributed by atoms with E-state index in [0.29, 0.717) is 0 Å². The maximum absolute atomic E-state index is 5.10. The largest absolute Gasteiger partial charge is 0.383 e. The maximum atomic E-state index is 5.10. The third kappa shape index (κ3) is 6.75. The van der Waals surface area contributed by atoms with Crippen LogP contribution in [0, 0.1) is 5.92 Å². The number of nitrogens with zero attached hydrogens (tertiary/aromatic N) is 2. The molecule has 0 aliphatic carbocycles. The van der Waals surface area contributed by atoms with Crippen LogP contribution >= 0.6 is 24.0 Å². The van der Waals surface area contributed by atoms with Crippen molar-refractivity contribution < 1.29 is 4.74 Å². The van der Waals surface area contributed by atoms with Crippen molar-refractivity contribution in [1.29, 1.82) is 0 Å². The van der Waals surface area contributed by atoms with E-state index in [-0.39, 0.29) is 24.0 Å². The van der Waals surface area contributed by atoms with Gasteiger partial charge in [-0.2, -0.15) is 0 Å². The lowest BCUT2D eigenvalue weighted by atomic mass is 9.97. The first-order chi connectivity index (χ1) is 8.30. The van der Waals surface area contributed by atoms with E-state index in [1.807, 2.05) is 7.05 Å². The molecule has 1 heterocycles. The molecule has 1 aliphatic heterocycles. The molecule has 0 radical (unpaired) electrons. The Kier molecular flexibility index (Phi) is 10.8. The summed E-state index contributed by atoms with van der Waals surface area (Å²) < 4.78 is 5.10. The molecular formula is C12H27IN4O. The summed E-state index contributed by atoms with van der Waals surface area (Å²) in [5.74, 6) is 1.64. The van der Waals surface area contributed by atoms with Crippen LogP contribution in [0.3, 0.4) is 0 Å². The van der Waals surface area contributed by atoms with E-state index in [9.17, 15) is 0 Å². The van der Waals surface area contributed by atoms with E-state index in [1.54, 1.807) is 14.2 Å². The van der Waals surface area contributed by atoms with Crippen LogP contribution < -0.4 is 10.6 Å². The zero-order valence-electron chi connectivity index (χ0n) is 11.7. The Morgan fingerprint density at radius 1 is 1.39 bits per heavy atom. The van der Waals surface area contributed by atoms with Crippen LogP contribution in [0.2, 0.25) is 0 Å². The number of guanidine groups is 1. The number of piperidine rings is 1. The summed E-state index contributed by atoms with van der Waals surface area (Å²) >= 11 is 0. The third-order valence-electron chi connectivity index (χ3n) is 3.34. The molecule has 0 bridgehead atoms. The molecule has 0 spiro atoms. The Hall–Kier alpha value is -0.0800. The normalized spacial score (nSPS) is 18.3. The van der Waals surface area contributed by atoms with Crippen molar-refractivity contribution >= 4 is 29.9 Å². The molecular weight excluding hydrogens is 343 g/mol. The Balaban J connectivity index is 0.00000289. The average Bonchev–Trinajstić information content (AvgIpc) is 2.39. The van der Waals surface area contributed by atoms with Crippen molar-refractivity contribution in [3.05, 3.63) is 0 Å². The number of likely N-dealkylation sites (tertiary alicyclic amines) is 1. The van der Waals surface area contributed by atoms with Gasteiger partial charge in [0, 0.05) is 34.3 Å². The molecule has 1 fully saturated rings. The highest BCUT2D eigenvalue weighted by Crippen LogP contribution is 2.15. The smallest absolute Gasteiger partial charge is 0.190 e. The molecule has 18 heavy (non-hydrogen) atoms. The van der Waals surface area contributed by atoms with Crippen molar-refractivity contribution in [2.45, 2.75) is 12.8 Å². The highest BCUT2D eigenvalue weighted by Gasteiger charge is 2.18. The number of hydrogen-bond donors (Lipinski definition) is 2. The molecule has 1 rings (SSSR count). The fourth-order valence-electron chi connectivity index (χ4n) is 2.15.